The summed E-state index contributed by atoms with van der Waals surface area (Å²) in [5.74, 6) is 1.93. The number of aryl methyl sites for hydroxylation is 1. The van der Waals surface area contributed by atoms with Crippen LogP contribution in [0.1, 0.15) is 11.5 Å². The third kappa shape index (κ3) is 2.44. The number of hydrogen-bond donors (Lipinski definition) is 0. The SMILES string of the molecule is CSCc1noc(-c2cn(-c3cccnc3)nc2C)n1. The van der Waals surface area contributed by atoms with Crippen LogP contribution in [0.2, 0.25) is 0 Å². The van der Waals surface area contributed by atoms with Gasteiger partial charge in [-0.1, -0.05) is 5.16 Å². The Bertz CT molecular complexity index is 707. The highest BCUT2D eigenvalue weighted by Gasteiger charge is 2.15. The first-order valence-electron chi connectivity index (χ1n) is 6.06. The van der Waals surface area contributed by atoms with Crippen molar-refractivity contribution in [3.63, 3.8) is 0 Å². The second-order valence-corrected chi connectivity index (χ2v) is 5.10. The molecule has 0 saturated carbocycles. The van der Waals surface area contributed by atoms with Crippen LogP contribution in [0.5, 0.6) is 0 Å². The lowest BCUT2D eigenvalue weighted by Crippen LogP contribution is -1.94. The Morgan fingerprint density at radius 3 is 3.05 bits per heavy atom. The van der Waals surface area contributed by atoms with Crippen LogP contribution in [0.4, 0.5) is 0 Å². The lowest BCUT2D eigenvalue weighted by molar-refractivity contribution is 0.425. The molecule has 20 heavy (non-hydrogen) atoms. The standard InChI is InChI=1S/C13H13N5OS/c1-9-11(13-15-12(8-20-2)17-19-13)7-18(16-9)10-4-3-5-14-6-10/h3-7H,8H2,1-2H3. The first-order chi connectivity index (χ1) is 9.78. The monoisotopic (exact) mass is 287 g/mol. The molecule has 0 aliphatic heterocycles. The summed E-state index contributed by atoms with van der Waals surface area (Å²) in [6.45, 7) is 1.92. The third-order valence-electron chi connectivity index (χ3n) is 2.78. The molecule has 0 bridgehead atoms. The van der Waals surface area contributed by atoms with Crippen LogP contribution in [0.3, 0.4) is 0 Å². The Hall–Kier alpha value is -2.15. The van der Waals surface area contributed by atoms with E-state index in [1.807, 2.05) is 31.5 Å². The van der Waals surface area contributed by atoms with Crippen molar-refractivity contribution in [1.29, 1.82) is 0 Å². The van der Waals surface area contributed by atoms with Gasteiger partial charge < -0.3 is 4.52 Å². The molecule has 3 aromatic heterocycles. The highest BCUT2D eigenvalue weighted by Crippen LogP contribution is 2.22. The quantitative estimate of drug-likeness (QED) is 0.734. The molecule has 7 heteroatoms. The molecule has 0 saturated heterocycles. The van der Waals surface area contributed by atoms with Crippen molar-refractivity contribution in [2.75, 3.05) is 6.26 Å². The van der Waals surface area contributed by atoms with E-state index in [0.717, 1.165) is 22.7 Å². The summed E-state index contributed by atoms with van der Waals surface area (Å²) in [6, 6.07) is 3.81. The van der Waals surface area contributed by atoms with Gasteiger partial charge >= 0.3 is 0 Å². The molecule has 3 heterocycles. The molecular formula is C13H13N5OS. The zero-order valence-corrected chi connectivity index (χ0v) is 12.0. The average molecular weight is 287 g/mol. The van der Waals surface area contributed by atoms with Gasteiger partial charge in [0, 0.05) is 12.4 Å². The van der Waals surface area contributed by atoms with Crippen LogP contribution in [0.25, 0.3) is 17.1 Å². The second-order valence-electron chi connectivity index (χ2n) is 4.23. The Kier molecular flexibility index (Phi) is 3.51. The summed E-state index contributed by atoms with van der Waals surface area (Å²) >= 11 is 1.66. The lowest BCUT2D eigenvalue weighted by atomic mass is 10.3. The fraction of sp³-hybridized carbons (Fsp3) is 0.231. The smallest absolute Gasteiger partial charge is 0.261 e. The summed E-state index contributed by atoms with van der Waals surface area (Å²) in [6.07, 6.45) is 7.36. The minimum Gasteiger partial charge on any atom is -0.334 e. The number of aromatic nitrogens is 5. The number of thioether (sulfide) groups is 1. The Morgan fingerprint density at radius 1 is 1.40 bits per heavy atom. The van der Waals surface area contributed by atoms with Gasteiger partial charge in [-0.3, -0.25) is 4.98 Å². The van der Waals surface area contributed by atoms with Gasteiger partial charge in [0.05, 0.1) is 28.9 Å². The molecule has 0 radical (unpaired) electrons. The molecule has 0 aliphatic carbocycles. The normalized spacial score (nSPS) is 10.9. The molecule has 0 N–H and O–H groups in total. The first-order valence-corrected chi connectivity index (χ1v) is 7.46. The zero-order valence-electron chi connectivity index (χ0n) is 11.1. The van der Waals surface area contributed by atoms with Crippen molar-refractivity contribution in [2.24, 2.45) is 0 Å². The number of nitrogens with zero attached hydrogens (tertiary/aromatic N) is 5. The van der Waals surface area contributed by atoms with Crippen molar-refractivity contribution >= 4 is 11.8 Å². The summed E-state index contributed by atoms with van der Waals surface area (Å²) in [4.78, 5) is 8.46. The number of rotatable bonds is 4. The summed E-state index contributed by atoms with van der Waals surface area (Å²) in [5, 5.41) is 8.41. The van der Waals surface area contributed by atoms with E-state index in [2.05, 4.69) is 20.2 Å². The predicted octanol–water partition coefficient (Wildman–Crippen LogP) is 2.49. The first kappa shape index (κ1) is 12.9. The maximum atomic E-state index is 5.29. The Morgan fingerprint density at radius 2 is 2.30 bits per heavy atom. The van der Waals surface area contributed by atoms with Gasteiger partial charge in [-0.15, -0.1) is 0 Å². The minimum absolute atomic E-state index is 0.502. The van der Waals surface area contributed by atoms with Gasteiger partial charge in [0.2, 0.25) is 0 Å². The molecule has 0 amide bonds. The van der Waals surface area contributed by atoms with Crippen molar-refractivity contribution in [2.45, 2.75) is 12.7 Å². The lowest BCUT2D eigenvalue weighted by Gasteiger charge is -1.97. The highest BCUT2D eigenvalue weighted by atomic mass is 32.2. The van der Waals surface area contributed by atoms with E-state index < -0.39 is 0 Å². The molecule has 6 nitrogen and oxygen atoms in total. The zero-order chi connectivity index (χ0) is 13.9. The van der Waals surface area contributed by atoms with Gasteiger partial charge in [-0.25, -0.2) is 4.68 Å². The molecule has 0 aromatic carbocycles. The largest absolute Gasteiger partial charge is 0.334 e. The van der Waals surface area contributed by atoms with Crippen LogP contribution >= 0.6 is 11.8 Å². The molecular weight excluding hydrogens is 274 g/mol. The molecule has 0 aliphatic rings. The van der Waals surface area contributed by atoms with Gasteiger partial charge in [-0.2, -0.15) is 21.8 Å². The van der Waals surface area contributed by atoms with E-state index in [9.17, 15) is 0 Å². The number of pyridine rings is 1. The van der Waals surface area contributed by atoms with Crippen LogP contribution in [-0.4, -0.2) is 31.2 Å². The Labute approximate surface area is 120 Å². The molecule has 0 spiro atoms. The fourth-order valence-corrected chi connectivity index (χ4v) is 2.22. The number of hydrogen-bond acceptors (Lipinski definition) is 6. The molecule has 0 unspecified atom stereocenters. The maximum Gasteiger partial charge on any atom is 0.261 e. The summed E-state index contributed by atoms with van der Waals surface area (Å²) in [7, 11) is 0. The summed E-state index contributed by atoms with van der Waals surface area (Å²) < 4.78 is 7.05. The van der Waals surface area contributed by atoms with Gasteiger partial charge in [0.1, 0.15) is 0 Å². The van der Waals surface area contributed by atoms with E-state index in [-0.39, 0.29) is 0 Å². The Balaban J connectivity index is 1.96. The molecule has 3 rings (SSSR count). The van der Waals surface area contributed by atoms with Crippen molar-refractivity contribution in [3.05, 3.63) is 42.2 Å². The average Bonchev–Trinajstić information content (AvgIpc) is 3.07. The van der Waals surface area contributed by atoms with Gasteiger partial charge in [0.15, 0.2) is 5.82 Å². The predicted molar refractivity (Wildman–Crippen MR) is 76.6 cm³/mol. The van der Waals surface area contributed by atoms with E-state index in [1.165, 1.54) is 0 Å². The van der Waals surface area contributed by atoms with Crippen molar-refractivity contribution in [3.8, 4) is 17.1 Å². The van der Waals surface area contributed by atoms with Crippen molar-refractivity contribution < 1.29 is 4.52 Å². The van der Waals surface area contributed by atoms with Crippen LogP contribution in [0.15, 0.2) is 35.2 Å². The molecule has 3 aromatic rings. The molecule has 0 fully saturated rings. The molecule has 0 atom stereocenters. The second kappa shape index (κ2) is 5.46. The van der Waals surface area contributed by atoms with Gasteiger partial charge in [0.25, 0.3) is 5.89 Å². The van der Waals surface area contributed by atoms with E-state index >= 15 is 0 Å². The summed E-state index contributed by atoms with van der Waals surface area (Å²) in [5.41, 5.74) is 2.58. The fourth-order valence-electron chi connectivity index (χ4n) is 1.84. The molecule has 102 valence electrons. The van der Waals surface area contributed by atoms with Gasteiger partial charge in [-0.05, 0) is 25.3 Å². The highest BCUT2D eigenvalue weighted by molar-refractivity contribution is 7.97. The van der Waals surface area contributed by atoms with Crippen LogP contribution in [0, 0.1) is 6.92 Å². The topological polar surface area (TPSA) is 69.6 Å². The van der Waals surface area contributed by atoms with Crippen LogP contribution < -0.4 is 0 Å². The van der Waals surface area contributed by atoms with Crippen molar-refractivity contribution in [1.82, 2.24) is 24.9 Å². The maximum absolute atomic E-state index is 5.29. The van der Waals surface area contributed by atoms with E-state index in [4.69, 9.17) is 4.52 Å². The third-order valence-corrected chi connectivity index (χ3v) is 3.33. The minimum atomic E-state index is 0.502. The van der Waals surface area contributed by atoms with Crippen LogP contribution in [-0.2, 0) is 5.75 Å². The van der Waals surface area contributed by atoms with E-state index in [0.29, 0.717) is 11.7 Å². The van der Waals surface area contributed by atoms with E-state index in [1.54, 1.807) is 28.8 Å².